The van der Waals surface area contributed by atoms with Crippen molar-refractivity contribution in [3.05, 3.63) is 75.8 Å². The minimum Gasteiger partial charge on any atom is -0.493 e. The van der Waals surface area contributed by atoms with Crippen molar-refractivity contribution in [2.75, 3.05) is 13.2 Å². The number of likely N-dealkylation sites (tertiary alicyclic amines) is 1. The number of rotatable bonds is 4. The van der Waals surface area contributed by atoms with Crippen molar-refractivity contribution in [2.24, 2.45) is 0 Å². The van der Waals surface area contributed by atoms with Crippen LogP contribution in [0.15, 0.2) is 48.8 Å². The maximum Gasteiger partial charge on any atom is 0.318 e. The third-order valence-corrected chi connectivity index (χ3v) is 6.73. The van der Waals surface area contributed by atoms with Crippen LogP contribution in [-0.2, 0) is 6.54 Å². The first-order valence-electron chi connectivity index (χ1n) is 11.2. The van der Waals surface area contributed by atoms with E-state index < -0.39 is 0 Å². The molecule has 2 amide bonds. The molecule has 0 radical (unpaired) electrons. The molecular formula is C24H25Cl2N5O2. The van der Waals surface area contributed by atoms with Crippen LogP contribution >= 0.6 is 23.2 Å². The van der Waals surface area contributed by atoms with Crippen LogP contribution in [0.5, 0.6) is 5.75 Å². The van der Waals surface area contributed by atoms with Crippen molar-refractivity contribution in [3.8, 4) is 5.75 Å². The standard InChI is InChI=1S/C24H25Cl2N5O2/c25-17-7-5-16(6-8-17)14-31-23(27-15-28-31)21-4-1-11-30(21)24(32)29-20-3-2-12-33-22-10-9-18(26)13-19(20)22/h5-10,13,15,20-21H,1-4,11-12,14H2,(H,29,32)/t20-,21?/m0/s1. The lowest BCUT2D eigenvalue weighted by Gasteiger charge is -2.27. The Kier molecular flexibility index (Phi) is 6.42. The Balaban J connectivity index is 1.34. The van der Waals surface area contributed by atoms with Crippen LogP contribution in [0.1, 0.15) is 54.7 Å². The fourth-order valence-electron chi connectivity index (χ4n) is 4.62. The van der Waals surface area contributed by atoms with Crippen LogP contribution < -0.4 is 10.1 Å². The van der Waals surface area contributed by atoms with Gasteiger partial charge in [0, 0.05) is 22.2 Å². The van der Waals surface area contributed by atoms with Gasteiger partial charge in [-0.15, -0.1) is 0 Å². The summed E-state index contributed by atoms with van der Waals surface area (Å²) in [5.74, 6) is 1.58. The number of hydrogen-bond acceptors (Lipinski definition) is 4. The summed E-state index contributed by atoms with van der Waals surface area (Å²) in [6, 6.07) is 12.9. The van der Waals surface area contributed by atoms with Gasteiger partial charge in [0.2, 0.25) is 0 Å². The third kappa shape index (κ3) is 4.80. The summed E-state index contributed by atoms with van der Waals surface area (Å²) < 4.78 is 7.72. The van der Waals surface area contributed by atoms with E-state index in [1.54, 1.807) is 6.33 Å². The minimum absolute atomic E-state index is 0.101. The number of urea groups is 1. The first-order valence-corrected chi connectivity index (χ1v) is 12.0. The summed E-state index contributed by atoms with van der Waals surface area (Å²) >= 11 is 12.2. The van der Waals surface area contributed by atoms with Crippen molar-refractivity contribution in [1.82, 2.24) is 25.0 Å². The number of nitrogens with one attached hydrogen (secondary N) is 1. The van der Waals surface area contributed by atoms with Crippen LogP contribution in [0.2, 0.25) is 10.0 Å². The molecular weight excluding hydrogens is 461 g/mol. The Hall–Kier alpha value is -2.77. The molecule has 1 unspecified atom stereocenters. The zero-order valence-corrected chi connectivity index (χ0v) is 19.6. The van der Waals surface area contributed by atoms with Gasteiger partial charge in [-0.2, -0.15) is 5.10 Å². The zero-order chi connectivity index (χ0) is 22.8. The second-order valence-electron chi connectivity index (χ2n) is 8.43. The largest absolute Gasteiger partial charge is 0.493 e. The van der Waals surface area contributed by atoms with Crippen LogP contribution in [0.3, 0.4) is 0 Å². The van der Waals surface area contributed by atoms with Gasteiger partial charge >= 0.3 is 6.03 Å². The molecule has 172 valence electrons. The first kappa shape index (κ1) is 22.0. The van der Waals surface area contributed by atoms with E-state index >= 15 is 0 Å². The van der Waals surface area contributed by atoms with Crippen molar-refractivity contribution in [1.29, 1.82) is 0 Å². The Morgan fingerprint density at radius 3 is 2.76 bits per heavy atom. The van der Waals surface area contributed by atoms with E-state index in [-0.39, 0.29) is 18.1 Å². The van der Waals surface area contributed by atoms with Crippen molar-refractivity contribution < 1.29 is 9.53 Å². The number of aromatic nitrogens is 3. The fourth-order valence-corrected chi connectivity index (χ4v) is 4.93. The topological polar surface area (TPSA) is 72.3 Å². The molecule has 1 saturated heterocycles. The third-order valence-electron chi connectivity index (χ3n) is 6.24. The average molecular weight is 486 g/mol. The molecule has 1 fully saturated rings. The average Bonchev–Trinajstić information content (AvgIpc) is 3.43. The van der Waals surface area contributed by atoms with Gasteiger partial charge < -0.3 is 15.0 Å². The molecule has 2 aliphatic rings. The summed E-state index contributed by atoms with van der Waals surface area (Å²) in [5.41, 5.74) is 2.00. The zero-order valence-electron chi connectivity index (χ0n) is 18.1. The predicted molar refractivity (Wildman–Crippen MR) is 127 cm³/mol. The van der Waals surface area contributed by atoms with Gasteiger partial charge in [-0.25, -0.2) is 14.5 Å². The Morgan fingerprint density at radius 2 is 1.91 bits per heavy atom. The molecule has 0 saturated carbocycles. The number of carbonyl (C=O) groups excluding carboxylic acids is 1. The monoisotopic (exact) mass is 485 g/mol. The lowest BCUT2D eigenvalue weighted by atomic mass is 10.0. The molecule has 2 aromatic carbocycles. The van der Waals surface area contributed by atoms with Gasteiger partial charge in [-0.3, -0.25) is 0 Å². The highest BCUT2D eigenvalue weighted by molar-refractivity contribution is 6.30. The molecule has 5 rings (SSSR count). The molecule has 1 N–H and O–H groups in total. The normalized spacial score (nSPS) is 20.1. The van der Waals surface area contributed by atoms with Crippen LogP contribution in [0.25, 0.3) is 0 Å². The second kappa shape index (κ2) is 9.61. The molecule has 0 bridgehead atoms. The number of carbonyl (C=O) groups is 1. The second-order valence-corrected chi connectivity index (χ2v) is 9.30. The van der Waals surface area contributed by atoms with Gasteiger partial charge in [0.15, 0.2) is 0 Å². The number of halogens is 2. The molecule has 7 nitrogen and oxygen atoms in total. The number of amides is 2. The van der Waals surface area contributed by atoms with E-state index in [4.69, 9.17) is 27.9 Å². The Morgan fingerprint density at radius 1 is 1.09 bits per heavy atom. The van der Waals surface area contributed by atoms with E-state index in [1.165, 1.54) is 0 Å². The SMILES string of the molecule is O=C(N[C@H]1CCCOc2ccc(Cl)cc21)N1CCCC1c1ncnn1Cc1ccc(Cl)cc1. The van der Waals surface area contributed by atoms with Gasteiger partial charge in [-0.05, 0) is 61.6 Å². The molecule has 0 aliphatic carbocycles. The molecule has 9 heteroatoms. The van der Waals surface area contributed by atoms with E-state index in [0.29, 0.717) is 29.7 Å². The number of ether oxygens (including phenoxy) is 1. The quantitative estimate of drug-likeness (QED) is 0.537. The highest BCUT2D eigenvalue weighted by Gasteiger charge is 2.35. The van der Waals surface area contributed by atoms with E-state index in [0.717, 1.165) is 48.4 Å². The maximum absolute atomic E-state index is 13.4. The van der Waals surface area contributed by atoms with Crippen LogP contribution in [0.4, 0.5) is 4.79 Å². The molecule has 0 spiro atoms. The van der Waals surface area contributed by atoms with Crippen molar-refractivity contribution in [3.63, 3.8) is 0 Å². The minimum atomic E-state index is -0.151. The van der Waals surface area contributed by atoms with Gasteiger partial charge in [0.1, 0.15) is 17.9 Å². The number of nitrogens with zero attached hydrogens (tertiary/aromatic N) is 4. The smallest absolute Gasteiger partial charge is 0.318 e. The van der Waals surface area contributed by atoms with Crippen LogP contribution in [-0.4, -0.2) is 38.8 Å². The summed E-state index contributed by atoms with van der Waals surface area (Å²) in [4.78, 5) is 19.8. The van der Waals surface area contributed by atoms with E-state index in [2.05, 4.69) is 15.4 Å². The molecule has 33 heavy (non-hydrogen) atoms. The Labute approximate surface area is 202 Å². The lowest BCUT2D eigenvalue weighted by molar-refractivity contribution is 0.185. The summed E-state index contributed by atoms with van der Waals surface area (Å²) in [7, 11) is 0. The summed E-state index contributed by atoms with van der Waals surface area (Å²) in [6.45, 7) is 1.88. The van der Waals surface area contributed by atoms with E-state index in [1.807, 2.05) is 52.0 Å². The first-order chi connectivity index (χ1) is 16.1. The number of benzene rings is 2. The molecule has 3 aromatic rings. The van der Waals surface area contributed by atoms with Crippen LogP contribution in [0, 0.1) is 0 Å². The summed E-state index contributed by atoms with van der Waals surface area (Å²) in [5, 5.41) is 8.98. The van der Waals surface area contributed by atoms with Crippen molar-refractivity contribution >= 4 is 29.2 Å². The number of fused-ring (bicyclic) bond motifs is 1. The van der Waals surface area contributed by atoms with Gasteiger partial charge in [-0.1, -0.05) is 35.3 Å². The van der Waals surface area contributed by atoms with Crippen molar-refractivity contribution in [2.45, 2.75) is 44.3 Å². The van der Waals surface area contributed by atoms with Gasteiger partial charge in [0.05, 0.1) is 25.2 Å². The Bertz CT molecular complexity index is 1130. The maximum atomic E-state index is 13.4. The molecule has 2 aliphatic heterocycles. The van der Waals surface area contributed by atoms with Gasteiger partial charge in [0.25, 0.3) is 0 Å². The lowest BCUT2D eigenvalue weighted by Crippen LogP contribution is -2.41. The highest BCUT2D eigenvalue weighted by atomic mass is 35.5. The molecule has 2 atom stereocenters. The van der Waals surface area contributed by atoms with E-state index in [9.17, 15) is 4.79 Å². The fraction of sp³-hybridized carbons (Fsp3) is 0.375. The predicted octanol–water partition coefficient (Wildman–Crippen LogP) is 5.39. The highest BCUT2D eigenvalue weighted by Crippen LogP contribution is 2.35. The summed E-state index contributed by atoms with van der Waals surface area (Å²) in [6.07, 6.45) is 4.98. The molecule has 1 aromatic heterocycles. The molecule has 3 heterocycles. The number of hydrogen-bond donors (Lipinski definition) is 1.